The van der Waals surface area contributed by atoms with Crippen LogP contribution in [0.1, 0.15) is 12.8 Å². The fourth-order valence-electron chi connectivity index (χ4n) is 1.23. The Morgan fingerprint density at radius 3 is 2.64 bits per heavy atom. The van der Waals surface area contributed by atoms with Gasteiger partial charge in [0.05, 0.1) is 17.9 Å². The summed E-state index contributed by atoms with van der Waals surface area (Å²) in [6, 6.07) is 2.00. The van der Waals surface area contributed by atoms with Crippen LogP contribution in [0.5, 0.6) is 0 Å². The maximum Gasteiger partial charge on any atom is 0.308 e. The number of hydrogen-bond donors (Lipinski definition) is 1. The third-order valence-electron chi connectivity index (χ3n) is 1.92. The van der Waals surface area contributed by atoms with Crippen LogP contribution in [-0.4, -0.2) is 11.1 Å². The summed E-state index contributed by atoms with van der Waals surface area (Å²) in [6.07, 6.45) is 4.76. The van der Waals surface area contributed by atoms with Crippen LogP contribution in [0.15, 0.2) is 12.2 Å². The SMILES string of the molecule is N#CC1CC=CCC1C(=O)O. The van der Waals surface area contributed by atoms with E-state index in [0.717, 1.165) is 0 Å². The van der Waals surface area contributed by atoms with Gasteiger partial charge in [0.15, 0.2) is 0 Å². The summed E-state index contributed by atoms with van der Waals surface area (Å²) in [4.78, 5) is 10.5. The smallest absolute Gasteiger partial charge is 0.308 e. The van der Waals surface area contributed by atoms with Crippen molar-refractivity contribution in [3.05, 3.63) is 12.2 Å². The zero-order valence-corrected chi connectivity index (χ0v) is 6.03. The van der Waals surface area contributed by atoms with Gasteiger partial charge in [0.25, 0.3) is 0 Å². The summed E-state index contributed by atoms with van der Waals surface area (Å²) in [5.74, 6) is -1.69. The summed E-state index contributed by atoms with van der Waals surface area (Å²) in [7, 11) is 0. The molecule has 0 bridgehead atoms. The first-order valence-electron chi connectivity index (χ1n) is 3.53. The molecule has 1 N–H and O–H groups in total. The molecule has 0 radical (unpaired) electrons. The number of nitrogens with zero attached hydrogens (tertiary/aromatic N) is 1. The molecule has 0 fully saturated rings. The van der Waals surface area contributed by atoms with Gasteiger partial charge >= 0.3 is 5.97 Å². The molecule has 0 saturated heterocycles. The average Bonchev–Trinajstić information content (AvgIpc) is 2.04. The predicted octanol–water partition coefficient (Wildman–Crippen LogP) is 1.18. The number of hydrogen-bond acceptors (Lipinski definition) is 2. The molecule has 11 heavy (non-hydrogen) atoms. The lowest BCUT2D eigenvalue weighted by Gasteiger charge is -2.18. The minimum atomic E-state index is -0.860. The second kappa shape index (κ2) is 3.20. The van der Waals surface area contributed by atoms with Crippen LogP contribution < -0.4 is 0 Å². The van der Waals surface area contributed by atoms with Gasteiger partial charge < -0.3 is 5.11 Å². The molecule has 0 aromatic rings. The molecular weight excluding hydrogens is 142 g/mol. The second-order valence-electron chi connectivity index (χ2n) is 2.62. The van der Waals surface area contributed by atoms with E-state index >= 15 is 0 Å². The van der Waals surface area contributed by atoms with Gasteiger partial charge in [-0.05, 0) is 12.8 Å². The van der Waals surface area contributed by atoms with E-state index in [1.807, 2.05) is 18.2 Å². The molecule has 3 nitrogen and oxygen atoms in total. The first-order valence-corrected chi connectivity index (χ1v) is 3.53. The lowest BCUT2D eigenvalue weighted by Crippen LogP contribution is -2.23. The Hall–Kier alpha value is -1.30. The van der Waals surface area contributed by atoms with Gasteiger partial charge in [-0.15, -0.1) is 0 Å². The number of carbonyl (C=O) groups is 1. The Bertz CT molecular complexity index is 227. The van der Waals surface area contributed by atoms with Gasteiger partial charge in [0.2, 0.25) is 0 Å². The van der Waals surface area contributed by atoms with Crippen LogP contribution >= 0.6 is 0 Å². The van der Waals surface area contributed by atoms with E-state index < -0.39 is 11.9 Å². The van der Waals surface area contributed by atoms with Crippen molar-refractivity contribution in [3.63, 3.8) is 0 Å². The van der Waals surface area contributed by atoms with Crippen molar-refractivity contribution in [2.45, 2.75) is 12.8 Å². The number of allylic oxidation sites excluding steroid dienone is 2. The van der Waals surface area contributed by atoms with Crippen LogP contribution in [0.4, 0.5) is 0 Å². The highest BCUT2D eigenvalue weighted by Gasteiger charge is 2.27. The first-order chi connectivity index (χ1) is 5.25. The van der Waals surface area contributed by atoms with Gasteiger partial charge in [-0.3, -0.25) is 4.79 Å². The highest BCUT2D eigenvalue weighted by molar-refractivity contribution is 5.71. The van der Waals surface area contributed by atoms with Crippen LogP contribution in [-0.2, 0) is 4.79 Å². The van der Waals surface area contributed by atoms with E-state index in [0.29, 0.717) is 12.8 Å². The Morgan fingerprint density at radius 2 is 2.18 bits per heavy atom. The molecule has 58 valence electrons. The fourth-order valence-corrected chi connectivity index (χ4v) is 1.23. The number of carboxylic acids is 1. The van der Waals surface area contributed by atoms with Gasteiger partial charge in [-0.2, -0.15) is 5.26 Å². The molecule has 0 amide bonds. The van der Waals surface area contributed by atoms with Crippen LogP contribution in [0, 0.1) is 23.2 Å². The van der Waals surface area contributed by atoms with Crippen molar-refractivity contribution in [2.24, 2.45) is 11.8 Å². The summed E-state index contributed by atoms with van der Waals surface area (Å²) in [6.45, 7) is 0. The van der Waals surface area contributed by atoms with Crippen molar-refractivity contribution in [2.75, 3.05) is 0 Å². The molecule has 0 aromatic heterocycles. The third kappa shape index (κ3) is 1.58. The van der Waals surface area contributed by atoms with Crippen molar-refractivity contribution in [3.8, 4) is 6.07 Å². The average molecular weight is 151 g/mol. The highest BCUT2D eigenvalue weighted by atomic mass is 16.4. The minimum absolute atomic E-state index is 0.336. The summed E-state index contributed by atoms with van der Waals surface area (Å²) in [5.41, 5.74) is 0. The van der Waals surface area contributed by atoms with Gasteiger partial charge in [0.1, 0.15) is 0 Å². The number of nitriles is 1. The molecule has 0 aromatic carbocycles. The molecular formula is C8H9NO2. The van der Waals surface area contributed by atoms with E-state index in [1.165, 1.54) is 0 Å². The minimum Gasteiger partial charge on any atom is -0.481 e. The topological polar surface area (TPSA) is 61.1 Å². The quantitative estimate of drug-likeness (QED) is 0.572. The number of carboxylic acid groups (broad SMARTS) is 1. The molecule has 1 aliphatic carbocycles. The normalized spacial score (nSPS) is 29.4. The molecule has 0 spiro atoms. The van der Waals surface area contributed by atoms with E-state index in [1.54, 1.807) is 0 Å². The fraction of sp³-hybridized carbons (Fsp3) is 0.500. The Balaban J connectivity index is 2.71. The first kappa shape index (κ1) is 7.80. The van der Waals surface area contributed by atoms with E-state index in [-0.39, 0.29) is 5.92 Å². The van der Waals surface area contributed by atoms with E-state index in [2.05, 4.69) is 0 Å². The Labute approximate surface area is 64.9 Å². The van der Waals surface area contributed by atoms with Gasteiger partial charge in [-0.1, -0.05) is 12.2 Å². The zero-order chi connectivity index (χ0) is 8.27. The van der Waals surface area contributed by atoms with Crippen molar-refractivity contribution in [1.29, 1.82) is 5.26 Å². The molecule has 3 heteroatoms. The van der Waals surface area contributed by atoms with Crippen LogP contribution in [0.25, 0.3) is 0 Å². The number of aliphatic carboxylic acids is 1. The van der Waals surface area contributed by atoms with Crippen molar-refractivity contribution in [1.82, 2.24) is 0 Å². The predicted molar refractivity (Wildman–Crippen MR) is 38.6 cm³/mol. The molecule has 2 atom stereocenters. The van der Waals surface area contributed by atoms with E-state index in [4.69, 9.17) is 10.4 Å². The lowest BCUT2D eigenvalue weighted by molar-refractivity contribution is -0.142. The maximum atomic E-state index is 10.5. The second-order valence-corrected chi connectivity index (χ2v) is 2.62. The maximum absolute atomic E-state index is 10.5. The van der Waals surface area contributed by atoms with Crippen LogP contribution in [0.2, 0.25) is 0 Å². The Morgan fingerprint density at radius 1 is 1.55 bits per heavy atom. The summed E-state index contributed by atoms with van der Waals surface area (Å²) < 4.78 is 0. The summed E-state index contributed by atoms with van der Waals surface area (Å²) in [5, 5.41) is 17.2. The van der Waals surface area contributed by atoms with Crippen molar-refractivity contribution < 1.29 is 9.90 Å². The monoisotopic (exact) mass is 151 g/mol. The summed E-state index contributed by atoms with van der Waals surface area (Å²) >= 11 is 0. The molecule has 0 heterocycles. The molecule has 2 unspecified atom stereocenters. The molecule has 0 aliphatic heterocycles. The number of rotatable bonds is 1. The van der Waals surface area contributed by atoms with Crippen molar-refractivity contribution >= 4 is 5.97 Å². The largest absolute Gasteiger partial charge is 0.481 e. The van der Waals surface area contributed by atoms with E-state index in [9.17, 15) is 4.79 Å². The molecule has 1 rings (SSSR count). The zero-order valence-electron chi connectivity index (χ0n) is 6.03. The Kier molecular flexibility index (Phi) is 2.27. The van der Waals surface area contributed by atoms with Crippen LogP contribution in [0.3, 0.4) is 0 Å². The van der Waals surface area contributed by atoms with Gasteiger partial charge in [0, 0.05) is 0 Å². The lowest BCUT2D eigenvalue weighted by atomic mass is 9.84. The van der Waals surface area contributed by atoms with Gasteiger partial charge in [-0.25, -0.2) is 0 Å². The highest BCUT2D eigenvalue weighted by Crippen LogP contribution is 2.24. The molecule has 1 aliphatic rings. The standard InChI is InChI=1S/C8H9NO2/c9-5-6-3-1-2-4-7(6)8(10)11/h1-2,6-7H,3-4H2,(H,10,11). The third-order valence-corrected chi connectivity index (χ3v) is 1.92. The molecule has 0 saturated carbocycles.